The number of amides is 3. The molecule has 3 N–H and O–H groups in total. The largest absolute Gasteiger partial charge is 0.395 e. The number of carbonyl (C=O) groups excluding carboxylic acids is 2. The van der Waals surface area contributed by atoms with E-state index in [4.69, 9.17) is 10.5 Å². The van der Waals surface area contributed by atoms with Gasteiger partial charge in [0, 0.05) is 6.54 Å². The second kappa shape index (κ2) is 5.40. The molecule has 23 heavy (non-hydrogen) atoms. The third kappa shape index (κ3) is 2.25. The summed E-state index contributed by atoms with van der Waals surface area (Å²) < 4.78 is 0. The molecule has 114 valence electrons. The van der Waals surface area contributed by atoms with Crippen LogP contribution >= 0.6 is 0 Å². The van der Waals surface area contributed by atoms with Gasteiger partial charge in [0.1, 0.15) is 18.0 Å². The van der Waals surface area contributed by atoms with Crippen LogP contribution in [0.3, 0.4) is 0 Å². The van der Waals surface area contributed by atoms with Crippen LogP contribution in [0.5, 0.6) is 0 Å². The number of aliphatic hydroxyl groups is 1. The minimum Gasteiger partial charge on any atom is -0.395 e. The number of benzene rings is 1. The van der Waals surface area contributed by atoms with E-state index in [2.05, 4.69) is 15.6 Å². The van der Waals surface area contributed by atoms with Crippen molar-refractivity contribution in [1.29, 1.82) is 10.5 Å². The van der Waals surface area contributed by atoms with Gasteiger partial charge in [0.15, 0.2) is 6.04 Å². The van der Waals surface area contributed by atoms with Gasteiger partial charge in [-0.2, -0.15) is 15.5 Å². The van der Waals surface area contributed by atoms with Gasteiger partial charge in [-0.15, -0.1) is 0 Å². The standard InChI is InChI=1S/C14H10N6O3/c15-5-7-3-9-10(4-8(7)6-16)20(1-2-21)12-11(17-9)13(22)19-14(23)18-12/h3-4,11,17,21H,1-2H2,(H,19,22,23). The maximum absolute atomic E-state index is 12.0. The molecule has 0 aliphatic carbocycles. The molecule has 2 heterocycles. The molecule has 0 bridgehead atoms. The average molecular weight is 310 g/mol. The summed E-state index contributed by atoms with van der Waals surface area (Å²) in [5.41, 5.74) is 1.23. The van der Waals surface area contributed by atoms with Crippen LogP contribution in [0.25, 0.3) is 0 Å². The van der Waals surface area contributed by atoms with Gasteiger partial charge in [0.25, 0.3) is 5.91 Å². The van der Waals surface area contributed by atoms with Crippen LogP contribution in [0.15, 0.2) is 17.1 Å². The van der Waals surface area contributed by atoms with Crippen molar-refractivity contribution < 1.29 is 14.7 Å². The fourth-order valence-electron chi connectivity index (χ4n) is 2.56. The summed E-state index contributed by atoms with van der Waals surface area (Å²) in [6.45, 7) is -0.162. The molecule has 3 rings (SSSR count). The van der Waals surface area contributed by atoms with E-state index in [1.54, 1.807) is 0 Å². The number of hydrogen-bond acceptors (Lipinski definition) is 7. The normalized spacial score (nSPS) is 18.7. The number of carbonyl (C=O) groups is 2. The molecule has 1 aromatic rings. The first-order chi connectivity index (χ1) is 11.1. The zero-order valence-corrected chi connectivity index (χ0v) is 11.7. The predicted octanol–water partition coefficient (Wildman–Crippen LogP) is -0.329. The molecule has 9 nitrogen and oxygen atoms in total. The lowest BCUT2D eigenvalue weighted by molar-refractivity contribution is -0.119. The van der Waals surface area contributed by atoms with Gasteiger partial charge in [0.2, 0.25) is 0 Å². The fourth-order valence-corrected chi connectivity index (χ4v) is 2.56. The van der Waals surface area contributed by atoms with E-state index >= 15 is 0 Å². The number of aliphatic hydroxyl groups excluding tert-OH is 1. The van der Waals surface area contributed by atoms with Crippen LogP contribution in [0.1, 0.15) is 11.1 Å². The van der Waals surface area contributed by atoms with Crippen molar-refractivity contribution in [2.75, 3.05) is 23.4 Å². The van der Waals surface area contributed by atoms with Crippen molar-refractivity contribution >= 4 is 29.1 Å². The molecule has 3 amide bonds. The fraction of sp³-hybridized carbons (Fsp3) is 0.214. The average Bonchev–Trinajstić information content (AvgIpc) is 2.54. The Hall–Kier alpha value is -3.43. The van der Waals surface area contributed by atoms with Gasteiger partial charge in [-0.3, -0.25) is 10.1 Å². The van der Waals surface area contributed by atoms with E-state index in [9.17, 15) is 14.7 Å². The lowest BCUT2D eigenvalue weighted by atomic mass is 10.0. The van der Waals surface area contributed by atoms with Crippen LogP contribution < -0.4 is 15.5 Å². The van der Waals surface area contributed by atoms with Crippen molar-refractivity contribution in [2.24, 2.45) is 4.99 Å². The molecular weight excluding hydrogens is 300 g/mol. The second-order valence-electron chi connectivity index (χ2n) is 4.86. The van der Waals surface area contributed by atoms with Gasteiger partial charge in [-0.25, -0.2) is 4.79 Å². The van der Waals surface area contributed by atoms with Crippen LogP contribution in [0, 0.1) is 22.7 Å². The quantitative estimate of drug-likeness (QED) is 0.679. The predicted molar refractivity (Wildman–Crippen MR) is 78.7 cm³/mol. The number of β-amino-alcohol motifs (C(OH)–C–C–N with tert-alkyl or cyclic N) is 1. The van der Waals surface area contributed by atoms with Crippen LogP contribution in [-0.2, 0) is 4.79 Å². The Labute approximate surface area is 130 Å². The molecule has 0 saturated carbocycles. The van der Waals surface area contributed by atoms with E-state index in [1.165, 1.54) is 17.0 Å². The summed E-state index contributed by atoms with van der Waals surface area (Å²) >= 11 is 0. The minimum atomic E-state index is -0.911. The Morgan fingerprint density at radius 1 is 1.26 bits per heavy atom. The van der Waals surface area contributed by atoms with Crippen LogP contribution in [0.4, 0.5) is 16.2 Å². The summed E-state index contributed by atoms with van der Waals surface area (Å²) in [6, 6.07) is 5.06. The smallest absolute Gasteiger partial charge is 0.349 e. The Kier molecular flexibility index (Phi) is 3.41. The number of hydrogen-bond donors (Lipinski definition) is 3. The van der Waals surface area contributed by atoms with E-state index in [0.29, 0.717) is 11.4 Å². The number of anilines is 2. The van der Waals surface area contributed by atoms with E-state index < -0.39 is 18.0 Å². The number of rotatable bonds is 2. The minimum absolute atomic E-state index is 0.0847. The lowest BCUT2D eigenvalue weighted by Gasteiger charge is -2.38. The Morgan fingerprint density at radius 3 is 2.61 bits per heavy atom. The molecule has 0 spiro atoms. The molecule has 2 aliphatic heterocycles. The Balaban J connectivity index is 2.20. The first kappa shape index (κ1) is 14.5. The topological polar surface area (TPSA) is 142 Å². The number of fused-ring (bicyclic) bond motifs is 2. The number of nitriles is 2. The summed E-state index contributed by atoms with van der Waals surface area (Å²) in [4.78, 5) is 28.8. The van der Waals surface area contributed by atoms with Crippen molar-refractivity contribution in [3.8, 4) is 12.1 Å². The number of imide groups is 1. The summed E-state index contributed by atoms with van der Waals surface area (Å²) in [5, 5.41) is 32.5. The second-order valence-corrected chi connectivity index (χ2v) is 4.86. The molecule has 1 atom stereocenters. The number of nitrogens with zero attached hydrogens (tertiary/aromatic N) is 4. The lowest BCUT2D eigenvalue weighted by Crippen LogP contribution is -2.59. The highest BCUT2D eigenvalue weighted by Gasteiger charge is 2.39. The summed E-state index contributed by atoms with van der Waals surface area (Å²) in [7, 11) is 0. The Bertz CT molecular complexity index is 832. The van der Waals surface area contributed by atoms with E-state index in [1.807, 2.05) is 12.1 Å². The van der Waals surface area contributed by atoms with Crippen LogP contribution in [-0.4, -0.2) is 42.1 Å². The maximum atomic E-state index is 12.0. The third-order valence-corrected chi connectivity index (χ3v) is 3.53. The highest BCUT2D eigenvalue weighted by molar-refractivity contribution is 6.26. The third-order valence-electron chi connectivity index (χ3n) is 3.53. The van der Waals surface area contributed by atoms with Crippen molar-refractivity contribution in [3.05, 3.63) is 23.3 Å². The van der Waals surface area contributed by atoms with Gasteiger partial charge in [-0.1, -0.05) is 0 Å². The molecule has 2 aliphatic rings. The molecule has 9 heteroatoms. The summed E-state index contributed by atoms with van der Waals surface area (Å²) in [5.74, 6) is -0.426. The maximum Gasteiger partial charge on any atom is 0.349 e. The first-order valence-electron chi connectivity index (χ1n) is 6.65. The summed E-state index contributed by atoms with van der Waals surface area (Å²) in [6.07, 6.45) is 0. The molecule has 0 fully saturated rings. The Morgan fingerprint density at radius 2 is 1.96 bits per heavy atom. The first-order valence-corrected chi connectivity index (χ1v) is 6.65. The zero-order valence-electron chi connectivity index (χ0n) is 11.7. The highest BCUT2D eigenvalue weighted by atomic mass is 16.3. The molecule has 0 radical (unpaired) electrons. The van der Waals surface area contributed by atoms with Gasteiger partial charge >= 0.3 is 6.03 Å². The molecule has 0 aromatic heterocycles. The molecule has 1 aromatic carbocycles. The van der Waals surface area contributed by atoms with Crippen molar-refractivity contribution in [3.63, 3.8) is 0 Å². The molecule has 1 unspecified atom stereocenters. The van der Waals surface area contributed by atoms with E-state index in [-0.39, 0.29) is 30.1 Å². The van der Waals surface area contributed by atoms with Gasteiger partial charge in [0.05, 0.1) is 29.1 Å². The van der Waals surface area contributed by atoms with E-state index in [0.717, 1.165) is 0 Å². The van der Waals surface area contributed by atoms with Gasteiger partial charge in [-0.05, 0) is 12.1 Å². The number of aliphatic imine (C=N–C) groups is 1. The van der Waals surface area contributed by atoms with Crippen LogP contribution in [0.2, 0.25) is 0 Å². The number of urea groups is 1. The highest BCUT2D eigenvalue weighted by Crippen LogP contribution is 2.35. The SMILES string of the molecule is N#Cc1cc2c(cc1C#N)N(CCO)C1=NC(=O)NC(=O)C1N2. The monoisotopic (exact) mass is 310 g/mol. The number of nitrogens with one attached hydrogen (secondary N) is 2. The number of amidine groups is 1. The molecule has 0 saturated heterocycles. The van der Waals surface area contributed by atoms with Gasteiger partial charge < -0.3 is 15.3 Å². The zero-order chi connectivity index (χ0) is 16.6. The van der Waals surface area contributed by atoms with Crippen molar-refractivity contribution in [1.82, 2.24) is 5.32 Å². The molecular formula is C14H10N6O3. The van der Waals surface area contributed by atoms with Crippen molar-refractivity contribution in [2.45, 2.75) is 6.04 Å².